The van der Waals surface area contributed by atoms with Crippen molar-refractivity contribution in [1.82, 2.24) is 25.3 Å². The lowest BCUT2D eigenvalue weighted by molar-refractivity contribution is 0.0951. The van der Waals surface area contributed by atoms with Gasteiger partial charge in [0.15, 0.2) is 0 Å². The third-order valence-electron chi connectivity index (χ3n) is 4.85. The number of hydrogen-bond acceptors (Lipinski definition) is 4. The number of likely N-dealkylation sites (N-methyl/N-ethyl adjacent to an activating group) is 1. The smallest absolute Gasteiger partial charge is 0.319 e. The van der Waals surface area contributed by atoms with E-state index in [4.69, 9.17) is 0 Å². The Balaban J connectivity index is 1.56. The summed E-state index contributed by atoms with van der Waals surface area (Å²) in [6.07, 6.45) is 0. The highest BCUT2D eigenvalue weighted by Crippen LogP contribution is 2.17. The summed E-state index contributed by atoms with van der Waals surface area (Å²) in [5.41, 5.74) is 4.92. The van der Waals surface area contributed by atoms with Gasteiger partial charge in [-0.05, 0) is 69.9 Å². The van der Waals surface area contributed by atoms with Gasteiger partial charge >= 0.3 is 6.03 Å². The first-order chi connectivity index (χ1) is 15.3. The maximum absolute atomic E-state index is 12.4. The van der Waals surface area contributed by atoms with Crippen LogP contribution in [0.15, 0.2) is 54.6 Å². The minimum absolute atomic E-state index is 0.126. The predicted octanol–water partition coefficient (Wildman–Crippen LogP) is 3.10. The number of amides is 3. The maximum atomic E-state index is 12.4. The Hall–Kier alpha value is -3.65. The summed E-state index contributed by atoms with van der Waals surface area (Å²) in [6, 6.07) is 16.4. The molecule has 0 atom stereocenters. The van der Waals surface area contributed by atoms with Gasteiger partial charge in [0.05, 0.1) is 11.4 Å². The summed E-state index contributed by atoms with van der Waals surface area (Å²) < 4.78 is 1.84. The van der Waals surface area contributed by atoms with Crippen LogP contribution in [0.2, 0.25) is 0 Å². The topological polar surface area (TPSA) is 91.3 Å². The quantitative estimate of drug-likeness (QED) is 0.508. The van der Waals surface area contributed by atoms with Crippen molar-refractivity contribution in [2.45, 2.75) is 20.4 Å². The molecule has 0 aliphatic heterocycles. The minimum atomic E-state index is -0.323. The number of rotatable bonds is 8. The molecule has 168 valence electrons. The average Bonchev–Trinajstić information content (AvgIpc) is 3.10. The van der Waals surface area contributed by atoms with Crippen LogP contribution in [0.5, 0.6) is 0 Å². The molecular formula is C24H30N6O2. The Bertz CT molecular complexity index is 1090. The van der Waals surface area contributed by atoms with Gasteiger partial charge in [-0.3, -0.25) is 4.79 Å². The summed E-state index contributed by atoms with van der Waals surface area (Å²) in [5, 5.41) is 13.1. The SMILES string of the molecule is Cc1cc(C)n(-c2cccc(NC(=O)NCc3cccc(C(=O)NCCN(C)C)c3)c2)n1. The molecule has 0 bridgehead atoms. The zero-order valence-corrected chi connectivity index (χ0v) is 19.0. The molecule has 2 aromatic carbocycles. The molecule has 0 unspecified atom stereocenters. The molecule has 0 radical (unpaired) electrons. The van der Waals surface area contributed by atoms with Crippen LogP contribution < -0.4 is 16.0 Å². The first-order valence-corrected chi connectivity index (χ1v) is 10.5. The monoisotopic (exact) mass is 434 g/mol. The second-order valence-corrected chi connectivity index (χ2v) is 7.96. The van der Waals surface area contributed by atoms with Gasteiger partial charge in [-0.2, -0.15) is 5.10 Å². The minimum Gasteiger partial charge on any atom is -0.351 e. The number of carbonyl (C=O) groups excluding carboxylic acids is 2. The number of carbonyl (C=O) groups is 2. The molecular weight excluding hydrogens is 404 g/mol. The highest BCUT2D eigenvalue weighted by Gasteiger charge is 2.09. The Kier molecular flexibility index (Phi) is 7.62. The highest BCUT2D eigenvalue weighted by atomic mass is 16.2. The number of anilines is 1. The first kappa shape index (κ1) is 23.0. The molecule has 1 heterocycles. The Morgan fingerprint density at radius 3 is 2.50 bits per heavy atom. The van der Waals surface area contributed by atoms with Crippen molar-refractivity contribution in [3.63, 3.8) is 0 Å². The molecule has 32 heavy (non-hydrogen) atoms. The van der Waals surface area contributed by atoms with Crippen LogP contribution >= 0.6 is 0 Å². The Morgan fingerprint density at radius 1 is 1.00 bits per heavy atom. The second kappa shape index (κ2) is 10.6. The zero-order chi connectivity index (χ0) is 23.1. The number of aryl methyl sites for hydroxylation is 2. The number of hydrogen-bond donors (Lipinski definition) is 3. The van der Waals surface area contributed by atoms with Crippen LogP contribution in [0.4, 0.5) is 10.5 Å². The van der Waals surface area contributed by atoms with Gasteiger partial charge in [-0.1, -0.05) is 18.2 Å². The van der Waals surface area contributed by atoms with E-state index in [0.717, 1.165) is 29.2 Å². The van der Waals surface area contributed by atoms with Gasteiger partial charge < -0.3 is 20.9 Å². The largest absolute Gasteiger partial charge is 0.351 e. The Morgan fingerprint density at radius 2 is 1.78 bits per heavy atom. The molecule has 0 fully saturated rings. The van der Waals surface area contributed by atoms with E-state index in [1.807, 2.05) is 80.0 Å². The average molecular weight is 435 g/mol. The van der Waals surface area contributed by atoms with Crippen molar-refractivity contribution in [2.75, 3.05) is 32.5 Å². The highest BCUT2D eigenvalue weighted by molar-refractivity contribution is 5.94. The van der Waals surface area contributed by atoms with Crippen molar-refractivity contribution in [2.24, 2.45) is 0 Å². The van der Waals surface area contributed by atoms with Gasteiger partial charge in [0.25, 0.3) is 5.91 Å². The molecule has 0 saturated carbocycles. The van der Waals surface area contributed by atoms with Crippen LogP contribution in [-0.2, 0) is 6.54 Å². The predicted molar refractivity (Wildman–Crippen MR) is 126 cm³/mol. The lowest BCUT2D eigenvalue weighted by Crippen LogP contribution is -2.31. The fraction of sp³-hybridized carbons (Fsp3) is 0.292. The van der Waals surface area contributed by atoms with Crippen LogP contribution in [0.25, 0.3) is 5.69 Å². The fourth-order valence-corrected chi connectivity index (χ4v) is 3.28. The summed E-state index contributed by atoms with van der Waals surface area (Å²) in [4.78, 5) is 26.7. The normalized spacial score (nSPS) is 10.8. The second-order valence-electron chi connectivity index (χ2n) is 7.96. The van der Waals surface area contributed by atoms with E-state index in [2.05, 4.69) is 21.0 Å². The molecule has 3 rings (SSSR count). The van der Waals surface area contributed by atoms with Gasteiger partial charge in [0.1, 0.15) is 0 Å². The number of aromatic nitrogens is 2. The summed E-state index contributed by atoms with van der Waals surface area (Å²) in [5.74, 6) is -0.126. The first-order valence-electron chi connectivity index (χ1n) is 10.5. The van der Waals surface area contributed by atoms with Crippen molar-refractivity contribution >= 4 is 17.6 Å². The number of urea groups is 1. The molecule has 0 saturated heterocycles. The van der Waals surface area contributed by atoms with E-state index in [1.165, 1.54) is 0 Å². The van der Waals surface area contributed by atoms with E-state index < -0.39 is 0 Å². The summed E-state index contributed by atoms with van der Waals surface area (Å²) in [7, 11) is 3.91. The summed E-state index contributed by atoms with van der Waals surface area (Å²) in [6.45, 7) is 5.59. The van der Waals surface area contributed by atoms with Crippen molar-refractivity contribution in [3.05, 3.63) is 77.1 Å². The number of benzene rings is 2. The summed E-state index contributed by atoms with van der Waals surface area (Å²) >= 11 is 0. The fourth-order valence-electron chi connectivity index (χ4n) is 3.28. The van der Waals surface area contributed by atoms with E-state index in [0.29, 0.717) is 24.3 Å². The van der Waals surface area contributed by atoms with Crippen molar-refractivity contribution < 1.29 is 9.59 Å². The van der Waals surface area contributed by atoms with E-state index in [-0.39, 0.29) is 11.9 Å². The maximum Gasteiger partial charge on any atom is 0.319 e. The number of nitrogens with zero attached hydrogens (tertiary/aromatic N) is 3. The molecule has 3 aromatic rings. The molecule has 8 heteroatoms. The van der Waals surface area contributed by atoms with Gasteiger partial charge in [-0.15, -0.1) is 0 Å². The van der Waals surface area contributed by atoms with Gasteiger partial charge in [0.2, 0.25) is 0 Å². The van der Waals surface area contributed by atoms with Crippen molar-refractivity contribution in [1.29, 1.82) is 0 Å². The molecule has 1 aromatic heterocycles. The zero-order valence-electron chi connectivity index (χ0n) is 19.0. The standard InChI is InChI=1S/C24H30N6O2/c1-17-13-18(2)30(28-17)22-10-6-9-21(15-22)27-24(32)26-16-19-7-5-8-20(14-19)23(31)25-11-12-29(3)4/h5-10,13-15H,11-12,16H2,1-4H3,(H,25,31)(H2,26,27,32). The molecule has 0 aliphatic rings. The Labute approximate surface area is 188 Å². The molecule has 0 aliphatic carbocycles. The molecule has 3 amide bonds. The van der Waals surface area contributed by atoms with Gasteiger partial charge in [-0.25, -0.2) is 9.48 Å². The van der Waals surface area contributed by atoms with Crippen LogP contribution in [0, 0.1) is 13.8 Å². The van der Waals surface area contributed by atoms with Crippen LogP contribution in [-0.4, -0.2) is 53.8 Å². The van der Waals surface area contributed by atoms with E-state index in [9.17, 15) is 9.59 Å². The molecule has 0 spiro atoms. The van der Waals surface area contributed by atoms with E-state index in [1.54, 1.807) is 12.1 Å². The lowest BCUT2D eigenvalue weighted by atomic mass is 10.1. The van der Waals surface area contributed by atoms with Crippen LogP contribution in [0.3, 0.4) is 0 Å². The molecule has 8 nitrogen and oxygen atoms in total. The van der Waals surface area contributed by atoms with Crippen molar-refractivity contribution in [3.8, 4) is 5.69 Å². The van der Waals surface area contributed by atoms with Crippen LogP contribution in [0.1, 0.15) is 27.3 Å². The van der Waals surface area contributed by atoms with E-state index >= 15 is 0 Å². The lowest BCUT2D eigenvalue weighted by Gasteiger charge is -2.12. The third-order valence-corrected chi connectivity index (χ3v) is 4.85. The number of nitrogens with one attached hydrogen (secondary N) is 3. The van der Waals surface area contributed by atoms with Gasteiger partial charge in [0, 0.05) is 36.6 Å². The molecule has 3 N–H and O–H groups in total. The third kappa shape index (κ3) is 6.42.